The molecule has 8 N–H and O–H groups in total. The van der Waals surface area contributed by atoms with E-state index < -0.39 is 34.5 Å². The van der Waals surface area contributed by atoms with Crippen molar-refractivity contribution in [3.05, 3.63) is 0 Å². The number of hydrogen-bond acceptors (Lipinski definition) is 38. The fourth-order valence-corrected chi connectivity index (χ4v) is 14.5. The third-order valence-corrected chi connectivity index (χ3v) is 21.2. The molecule has 0 aromatic heterocycles. The summed E-state index contributed by atoms with van der Waals surface area (Å²) in [7, 11) is 0. The summed E-state index contributed by atoms with van der Waals surface area (Å²) in [5.74, 6) is 1.99. The summed E-state index contributed by atoms with van der Waals surface area (Å²) in [5, 5.41) is 20.2. The summed E-state index contributed by atoms with van der Waals surface area (Å²) >= 11 is 10.2. The summed E-state index contributed by atoms with van der Waals surface area (Å²) < 4.78 is 105. The first-order valence-electron chi connectivity index (χ1n) is 37.6. The van der Waals surface area contributed by atoms with Crippen LogP contribution in [0.2, 0.25) is 0 Å². The van der Waals surface area contributed by atoms with Gasteiger partial charge in [-0.1, -0.05) is 0 Å². The zero-order valence-corrected chi connectivity index (χ0v) is 73.3. The Morgan fingerprint density at radius 2 is 0.522 bits per heavy atom. The Kier molecular flexibility index (Phi) is 84.3. The second-order valence-corrected chi connectivity index (χ2v) is 31.1. The first-order valence-corrected chi connectivity index (χ1v) is 45.4. The second-order valence-electron chi connectivity index (χ2n) is 22.6. The standard InChI is InChI=1S/C67H128N8O30S8/c1-9-68-60(76)41-88-21-17-84-25-29-106-49-56(108-31-27-86-19-23-90-43-62(78)70-11-3)37-92-33-54(96-39-57(109-32-28-87-20-24-91-44-63(79)71-12-4)50-107-30-26-85-18-22-89-42-61(77)69-10-2)35-94-53-95-36-55(97-40-59(113-105-101-48-67(83)75-16-8)52-111-103-99-46-65(81)73-14-6)34-93-38-58(112-104-100-47-66(82)74-15-7)51-110-102-98-45-64(80)72-13-5/h54-59H,9-53H2,1-8H3,(H,68,76)(H,69,77)(H,70,78)(H,71,79)(H,72,80)(H,73,81)(H,74,82)(H,75,83). The van der Waals surface area contributed by atoms with Crippen molar-refractivity contribution in [3.8, 4) is 0 Å². The number of amides is 8. The van der Waals surface area contributed by atoms with Crippen molar-refractivity contribution in [2.24, 2.45) is 0 Å². The molecule has 0 radical (unpaired) electrons. The quantitative estimate of drug-likeness (QED) is 0.0141. The topological polar surface area (TPSA) is 436 Å². The Balaban J connectivity index is 6.97. The number of rotatable bonds is 88. The molecule has 0 aromatic carbocycles. The van der Waals surface area contributed by atoms with Crippen LogP contribution in [-0.4, -0.2) is 371 Å². The molecule has 6 unspecified atom stereocenters. The molecule has 0 rings (SSSR count). The average Bonchev–Trinajstić information content (AvgIpc) is 0.954. The van der Waals surface area contributed by atoms with E-state index in [1.165, 1.54) is 0 Å². The van der Waals surface area contributed by atoms with Crippen LogP contribution in [0.1, 0.15) is 55.4 Å². The largest absolute Gasteiger partial charge is 0.378 e. The molecule has 46 heteroatoms. The van der Waals surface area contributed by atoms with Crippen LogP contribution in [0.15, 0.2) is 0 Å². The lowest BCUT2D eigenvalue weighted by Crippen LogP contribution is -2.33. The third kappa shape index (κ3) is 78.0. The molecule has 113 heavy (non-hydrogen) atoms. The van der Waals surface area contributed by atoms with Gasteiger partial charge in [-0.05, 0) is 55.4 Å². The van der Waals surface area contributed by atoms with E-state index in [0.29, 0.717) is 146 Å². The number of thioether (sulfide) groups is 4. The highest BCUT2D eigenvalue weighted by Crippen LogP contribution is 2.24. The molecule has 0 aliphatic heterocycles. The van der Waals surface area contributed by atoms with Gasteiger partial charge in [-0.25, -0.2) is 19.6 Å². The predicted octanol–water partition coefficient (Wildman–Crippen LogP) is 1.80. The molecule has 0 aliphatic rings. The van der Waals surface area contributed by atoms with E-state index in [4.69, 9.17) is 103 Å². The lowest BCUT2D eigenvalue weighted by atomic mass is 10.4. The Hall–Kier alpha value is -2.32. The van der Waals surface area contributed by atoms with Crippen molar-refractivity contribution < 1.29 is 142 Å². The van der Waals surface area contributed by atoms with Gasteiger partial charge in [-0.3, -0.25) is 38.4 Å². The van der Waals surface area contributed by atoms with Crippen molar-refractivity contribution in [2.45, 2.75) is 88.6 Å². The average molecular weight is 1780 g/mol. The monoisotopic (exact) mass is 1780 g/mol. The first kappa shape index (κ1) is 111. The van der Waals surface area contributed by atoms with Gasteiger partial charge in [-0.15, -0.1) is 0 Å². The second kappa shape index (κ2) is 86.1. The Labute approximate surface area is 701 Å². The molecular weight excluding hydrogens is 1650 g/mol. The molecular formula is C67H128N8O30S8. The zero-order chi connectivity index (χ0) is 82.8. The molecule has 0 aliphatic carbocycles. The number of likely N-dealkylation sites (N-methyl/N-ethyl adjacent to an activating group) is 8. The molecule has 0 spiro atoms. The van der Waals surface area contributed by atoms with Gasteiger partial charge in [0.2, 0.25) is 47.3 Å². The Morgan fingerprint density at radius 1 is 0.257 bits per heavy atom. The smallest absolute Gasteiger partial charge is 0.249 e. The highest BCUT2D eigenvalue weighted by Gasteiger charge is 2.23. The van der Waals surface area contributed by atoms with Crippen LogP contribution in [0.25, 0.3) is 0 Å². The molecule has 0 aromatic rings. The van der Waals surface area contributed by atoms with Crippen molar-refractivity contribution >= 4 is 142 Å². The minimum Gasteiger partial charge on any atom is -0.378 e. The van der Waals surface area contributed by atoms with Gasteiger partial charge in [0, 0.05) is 157 Å². The van der Waals surface area contributed by atoms with Gasteiger partial charge >= 0.3 is 0 Å². The van der Waals surface area contributed by atoms with Crippen LogP contribution >= 0.6 is 95.2 Å². The molecule has 8 amide bonds. The molecule has 0 bridgehead atoms. The van der Waals surface area contributed by atoms with Crippen molar-refractivity contribution in [1.29, 1.82) is 0 Å². The number of hydrogen-bond donors (Lipinski definition) is 8. The SMILES string of the molecule is CCNC(=O)COCCOCCSCC(COCC(COCOCC(COCC(CSOOCC(=O)NCC)SOOCC(=O)NCC)OCC(CSOOCC(=O)NCC)SOOCC(=O)NCC)OCC(CSCCOCCOCC(=O)NCC)SCCOCCOCC(=O)NCC)SCCOCCOCC(=O)NCC. The van der Waals surface area contributed by atoms with Gasteiger partial charge in [0.15, 0.2) is 26.4 Å². The fraction of sp³-hybridized carbons (Fsp3) is 0.881. The third-order valence-electron chi connectivity index (χ3n) is 12.9. The molecule has 6 atom stereocenters. The highest BCUT2D eigenvalue weighted by atomic mass is 32.2. The van der Waals surface area contributed by atoms with Crippen molar-refractivity contribution in [1.82, 2.24) is 42.5 Å². The van der Waals surface area contributed by atoms with Crippen molar-refractivity contribution in [3.63, 3.8) is 0 Å². The number of carbonyl (C=O) groups is 8. The summed E-state index contributed by atoms with van der Waals surface area (Å²) in [6, 6.07) is 0. The minimum absolute atomic E-state index is 0.000556. The Bertz CT molecular complexity index is 2290. The van der Waals surface area contributed by atoms with E-state index in [9.17, 15) is 38.4 Å². The fourth-order valence-electron chi connectivity index (χ4n) is 7.84. The summed E-state index contributed by atoms with van der Waals surface area (Å²) in [5.41, 5.74) is 0. The zero-order valence-electron chi connectivity index (χ0n) is 66.8. The maximum atomic E-state index is 12.2. The Morgan fingerprint density at radius 3 is 0.858 bits per heavy atom. The number of ether oxygens (including phenoxy) is 14. The van der Waals surface area contributed by atoms with Gasteiger partial charge in [-0.2, -0.15) is 64.4 Å². The van der Waals surface area contributed by atoms with Crippen LogP contribution < -0.4 is 42.5 Å². The summed E-state index contributed by atoms with van der Waals surface area (Å²) in [6.07, 6.45) is -1.42. The van der Waals surface area contributed by atoms with Crippen molar-refractivity contribution in [2.75, 3.05) is 290 Å². The van der Waals surface area contributed by atoms with Gasteiger partial charge in [0.05, 0.1) is 143 Å². The van der Waals surface area contributed by atoms with Crippen LogP contribution in [-0.2, 0) is 142 Å². The molecule has 38 nitrogen and oxygen atoms in total. The first-order chi connectivity index (χ1) is 55.2. The van der Waals surface area contributed by atoms with E-state index >= 15 is 0 Å². The maximum absolute atomic E-state index is 12.2. The molecule has 0 fully saturated rings. The van der Waals surface area contributed by atoms with E-state index in [2.05, 4.69) is 42.5 Å². The lowest BCUT2D eigenvalue weighted by Gasteiger charge is -2.24. The minimum atomic E-state index is -0.801. The number of carbonyl (C=O) groups excluding carboxylic acids is 8. The number of nitrogens with one attached hydrogen (secondary N) is 8. The van der Waals surface area contributed by atoms with E-state index in [0.717, 1.165) is 48.2 Å². The summed E-state index contributed by atoms with van der Waals surface area (Å²) in [6.45, 7) is 20.7. The summed E-state index contributed by atoms with van der Waals surface area (Å²) in [4.78, 5) is 116. The molecule has 0 saturated carbocycles. The molecule has 0 heterocycles. The highest BCUT2D eigenvalue weighted by molar-refractivity contribution is 8.03. The lowest BCUT2D eigenvalue weighted by molar-refractivity contribution is -0.195. The van der Waals surface area contributed by atoms with Crippen LogP contribution in [0.4, 0.5) is 0 Å². The van der Waals surface area contributed by atoms with Crippen LogP contribution in [0.5, 0.6) is 0 Å². The van der Waals surface area contributed by atoms with Gasteiger partial charge in [0.25, 0.3) is 0 Å². The molecule has 664 valence electrons. The predicted molar refractivity (Wildman–Crippen MR) is 437 cm³/mol. The van der Waals surface area contributed by atoms with Crippen LogP contribution in [0.3, 0.4) is 0 Å². The normalized spacial score (nSPS) is 13.0. The van der Waals surface area contributed by atoms with Gasteiger partial charge in [0.1, 0.15) is 45.4 Å². The van der Waals surface area contributed by atoms with E-state index in [-0.39, 0.29) is 190 Å². The van der Waals surface area contributed by atoms with E-state index in [1.807, 2.05) is 27.7 Å². The molecule has 0 saturated heterocycles. The van der Waals surface area contributed by atoms with Crippen LogP contribution in [0, 0.1) is 0 Å². The van der Waals surface area contributed by atoms with E-state index in [1.54, 1.807) is 74.7 Å². The van der Waals surface area contributed by atoms with Gasteiger partial charge < -0.3 is 109 Å². The maximum Gasteiger partial charge on any atom is 0.249 e.